The zero-order valence-electron chi connectivity index (χ0n) is 7.87. The van der Waals surface area contributed by atoms with Crippen LogP contribution in [0.25, 0.3) is 0 Å². The van der Waals surface area contributed by atoms with Crippen molar-refractivity contribution in [3.05, 3.63) is 0 Å². The summed E-state index contributed by atoms with van der Waals surface area (Å²) in [5, 5.41) is 9.77. The van der Waals surface area contributed by atoms with Crippen LogP contribution in [0, 0.1) is 11.8 Å². The monoisotopic (exact) mass is 169 g/mol. The van der Waals surface area contributed by atoms with Gasteiger partial charge in [-0.05, 0) is 44.7 Å². The maximum atomic E-state index is 9.77. The molecule has 3 atom stereocenters. The number of hydrogen-bond donors (Lipinski definition) is 1. The number of aliphatic hydroxyl groups is 1. The van der Waals surface area contributed by atoms with Crippen molar-refractivity contribution in [2.24, 2.45) is 11.8 Å². The first-order valence-electron chi connectivity index (χ1n) is 5.14. The van der Waals surface area contributed by atoms with E-state index in [-0.39, 0.29) is 6.10 Å². The van der Waals surface area contributed by atoms with E-state index in [4.69, 9.17) is 0 Å². The van der Waals surface area contributed by atoms with Crippen LogP contribution in [0.15, 0.2) is 0 Å². The Bertz CT molecular complexity index is 160. The number of piperidine rings is 1. The number of rotatable bonds is 0. The number of aliphatic hydroxyl groups excluding tert-OH is 1. The second kappa shape index (κ2) is 3.35. The topological polar surface area (TPSA) is 23.5 Å². The summed E-state index contributed by atoms with van der Waals surface area (Å²) in [5.74, 6) is 1.41. The summed E-state index contributed by atoms with van der Waals surface area (Å²) in [7, 11) is 2.19. The van der Waals surface area contributed by atoms with Crippen LogP contribution in [0.5, 0.6) is 0 Å². The highest BCUT2D eigenvalue weighted by molar-refractivity contribution is 4.87. The molecule has 0 aromatic carbocycles. The molecular formula is C10H19NO. The molecule has 2 aliphatic rings. The van der Waals surface area contributed by atoms with Gasteiger partial charge < -0.3 is 10.0 Å². The molecule has 70 valence electrons. The van der Waals surface area contributed by atoms with Crippen LogP contribution < -0.4 is 0 Å². The van der Waals surface area contributed by atoms with Crippen molar-refractivity contribution in [3.63, 3.8) is 0 Å². The van der Waals surface area contributed by atoms with Gasteiger partial charge >= 0.3 is 0 Å². The Balaban J connectivity index is 1.99. The summed E-state index contributed by atoms with van der Waals surface area (Å²) in [4.78, 5) is 2.40. The molecule has 12 heavy (non-hydrogen) atoms. The molecule has 2 fully saturated rings. The highest BCUT2D eigenvalue weighted by atomic mass is 16.3. The Hall–Kier alpha value is -0.0800. The first kappa shape index (κ1) is 8.52. The summed E-state index contributed by atoms with van der Waals surface area (Å²) < 4.78 is 0. The van der Waals surface area contributed by atoms with E-state index in [1.165, 1.54) is 32.4 Å². The number of likely N-dealkylation sites (tertiary alicyclic amines) is 1. The molecule has 0 amide bonds. The average molecular weight is 169 g/mol. The van der Waals surface area contributed by atoms with E-state index in [9.17, 15) is 5.11 Å². The zero-order chi connectivity index (χ0) is 8.55. The highest BCUT2D eigenvalue weighted by Gasteiger charge is 2.35. The van der Waals surface area contributed by atoms with Crippen molar-refractivity contribution in [2.45, 2.75) is 31.8 Å². The number of nitrogens with zero attached hydrogens (tertiary/aromatic N) is 1. The van der Waals surface area contributed by atoms with Gasteiger partial charge in [-0.25, -0.2) is 0 Å². The van der Waals surface area contributed by atoms with Crippen molar-refractivity contribution in [3.8, 4) is 0 Å². The zero-order valence-corrected chi connectivity index (χ0v) is 7.87. The summed E-state index contributed by atoms with van der Waals surface area (Å²) in [5.41, 5.74) is 0. The predicted octanol–water partition coefficient (Wildman–Crippen LogP) is 1.10. The fourth-order valence-electron chi connectivity index (χ4n) is 2.85. The molecule has 0 spiro atoms. The van der Waals surface area contributed by atoms with Gasteiger partial charge in [0.15, 0.2) is 0 Å². The minimum atomic E-state index is 0.0115. The third-order valence-electron chi connectivity index (χ3n) is 3.56. The van der Waals surface area contributed by atoms with Gasteiger partial charge in [0.2, 0.25) is 0 Å². The van der Waals surface area contributed by atoms with Gasteiger partial charge in [-0.15, -0.1) is 0 Å². The fourth-order valence-corrected chi connectivity index (χ4v) is 2.85. The largest absolute Gasteiger partial charge is 0.393 e. The third kappa shape index (κ3) is 1.50. The first-order chi connectivity index (χ1) is 5.77. The van der Waals surface area contributed by atoms with Crippen molar-refractivity contribution in [2.75, 3.05) is 20.1 Å². The lowest BCUT2D eigenvalue weighted by Crippen LogP contribution is -2.44. The van der Waals surface area contributed by atoms with Crippen LogP contribution in [0.1, 0.15) is 25.7 Å². The van der Waals surface area contributed by atoms with E-state index in [2.05, 4.69) is 11.9 Å². The molecular weight excluding hydrogens is 150 g/mol. The molecule has 2 heteroatoms. The van der Waals surface area contributed by atoms with Crippen LogP contribution in [-0.4, -0.2) is 36.2 Å². The van der Waals surface area contributed by atoms with Crippen molar-refractivity contribution in [1.29, 1.82) is 0 Å². The second-order valence-corrected chi connectivity index (χ2v) is 4.47. The summed E-state index contributed by atoms with van der Waals surface area (Å²) >= 11 is 0. The van der Waals surface area contributed by atoms with Crippen molar-refractivity contribution in [1.82, 2.24) is 4.90 Å². The molecule has 1 aliphatic carbocycles. The highest BCUT2D eigenvalue weighted by Crippen LogP contribution is 2.35. The summed E-state index contributed by atoms with van der Waals surface area (Å²) in [6.07, 6.45) is 4.84. The molecule has 2 nitrogen and oxygen atoms in total. The van der Waals surface area contributed by atoms with Gasteiger partial charge in [-0.1, -0.05) is 6.42 Å². The maximum absolute atomic E-state index is 9.77. The van der Waals surface area contributed by atoms with Gasteiger partial charge in [-0.3, -0.25) is 0 Å². The van der Waals surface area contributed by atoms with Gasteiger partial charge in [0.1, 0.15) is 0 Å². The van der Waals surface area contributed by atoms with E-state index in [0.29, 0.717) is 5.92 Å². The van der Waals surface area contributed by atoms with Gasteiger partial charge in [0, 0.05) is 6.54 Å². The Morgan fingerprint density at radius 1 is 1.25 bits per heavy atom. The molecule has 0 aromatic heterocycles. The Morgan fingerprint density at radius 2 is 2.08 bits per heavy atom. The van der Waals surface area contributed by atoms with E-state index < -0.39 is 0 Å². The van der Waals surface area contributed by atoms with E-state index in [0.717, 1.165) is 12.3 Å². The minimum Gasteiger partial charge on any atom is -0.393 e. The van der Waals surface area contributed by atoms with Gasteiger partial charge in [-0.2, -0.15) is 0 Å². The van der Waals surface area contributed by atoms with Crippen molar-refractivity contribution >= 4 is 0 Å². The Labute approximate surface area is 74.6 Å². The molecule has 0 aromatic rings. The molecule has 1 saturated heterocycles. The SMILES string of the molecule is CN1CC[C@H]2C(O)CCC[C@H]2C1. The molecule has 1 heterocycles. The van der Waals surface area contributed by atoms with Crippen LogP contribution in [-0.2, 0) is 0 Å². The lowest BCUT2D eigenvalue weighted by molar-refractivity contribution is -0.00888. The van der Waals surface area contributed by atoms with Gasteiger partial charge in [0.05, 0.1) is 6.10 Å². The normalized spacial score (nSPS) is 44.0. The Kier molecular flexibility index (Phi) is 2.37. The fraction of sp³-hybridized carbons (Fsp3) is 1.00. The molecule has 1 aliphatic heterocycles. The van der Waals surface area contributed by atoms with E-state index in [1.54, 1.807) is 0 Å². The third-order valence-corrected chi connectivity index (χ3v) is 3.56. The summed E-state index contributed by atoms with van der Waals surface area (Å²) in [6.45, 7) is 2.39. The number of hydrogen-bond acceptors (Lipinski definition) is 2. The lowest BCUT2D eigenvalue weighted by atomic mass is 9.73. The summed E-state index contributed by atoms with van der Waals surface area (Å²) in [6, 6.07) is 0. The standard InChI is InChI=1S/C10H19NO/c1-11-6-5-9-8(7-11)3-2-4-10(9)12/h8-10,12H,2-7H2,1H3/t8-,9+,10?/m0/s1. The van der Waals surface area contributed by atoms with Crippen LogP contribution in [0.2, 0.25) is 0 Å². The quantitative estimate of drug-likeness (QED) is 0.587. The minimum absolute atomic E-state index is 0.0115. The molecule has 2 rings (SSSR count). The Morgan fingerprint density at radius 3 is 2.92 bits per heavy atom. The van der Waals surface area contributed by atoms with Crippen LogP contribution >= 0.6 is 0 Å². The van der Waals surface area contributed by atoms with Gasteiger partial charge in [0.25, 0.3) is 0 Å². The van der Waals surface area contributed by atoms with Crippen LogP contribution in [0.4, 0.5) is 0 Å². The smallest absolute Gasteiger partial charge is 0.0572 e. The average Bonchev–Trinajstić information content (AvgIpc) is 2.04. The lowest BCUT2D eigenvalue weighted by Gasteiger charge is -2.42. The molecule has 1 saturated carbocycles. The second-order valence-electron chi connectivity index (χ2n) is 4.47. The molecule has 0 bridgehead atoms. The molecule has 1 N–H and O–H groups in total. The molecule has 1 unspecified atom stereocenters. The van der Waals surface area contributed by atoms with E-state index in [1.807, 2.05) is 0 Å². The van der Waals surface area contributed by atoms with E-state index >= 15 is 0 Å². The maximum Gasteiger partial charge on any atom is 0.0572 e. The predicted molar refractivity (Wildman–Crippen MR) is 49.0 cm³/mol. The molecule has 0 radical (unpaired) electrons. The number of fused-ring (bicyclic) bond motifs is 1. The van der Waals surface area contributed by atoms with Crippen molar-refractivity contribution < 1.29 is 5.11 Å². The first-order valence-corrected chi connectivity index (χ1v) is 5.14. The van der Waals surface area contributed by atoms with Crippen LogP contribution in [0.3, 0.4) is 0 Å².